The first-order chi connectivity index (χ1) is 8.72. The number of aromatic nitrogens is 1. The molecule has 0 saturated heterocycles. The van der Waals surface area contributed by atoms with E-state index in [-0.39, 0.29) is 0 Å². The van der Waals surface area contributed by atoms with Crippen LogP contribution in [0.2, 0.25) is 0 Å². The molecular weight excluding hydrogens is 248 g/mol. The van der Waals surface area contributed by atoms with Crippen molar-refractivity contribution in [3.05, 3.63) is 46.2 Å². The second-order valence-corrected chi connectivity index (χ2v) is 4.53. The molecular formula is C13H14N2O2S. The molecule has 0 fully saturated rings. The van der Waals surface area contributed by atoms with Crippen LogP contribution in [0, 0.1) is 6.92 Å². The minimum Gasteiger partial charge on any atom is -0.448 e. The van der Waals surface area contributed by atoms with Crippen LogP contribution in [-0.2, 0) is 4.74 Å². The smallest absolute Gasteiger partial charge is 0.436 e. The predicted octanol–water partition coefficient (Wildman–Crippen LogP) is 2.90. The number of hydrogen-bond donors (Lipinski definition) is 0. The number of rotatable bonds is 2. The number of nitrogens with zero attached hydrogens (tertiary/aromatic N) is 2. The maximum atomic E-state index is 11.4. The molecule has 1 heterocycles. The largest absolute Gasteiger partial charge is 0.448 e. The van der Waals surface area contributed by atoms with E-state index < -0.39 is 6.09 Å². The summed E-state index contributed by atoms with van der Waals surface area (Å²) >= 11 is 1.40. The molecule has 0 atom stereocenters. The Morgan fingerprint density at radius 3 is 2.94 bits per heavy atom. The van der Waals surface area contributed by atoms with Gasteiger partial charge in [0.05, 0.1) is 12.3 Å². The Hall–Kier alpha value is -1.88. The fourth-order valence-corrected chi connectivity index (χ4v) is 2.31. The van der Waals surface area contributed by atoms with Gasteiger partial charge in [-0.25, -0.2) is 4.79 Å². The third-order valence-electron chi connectivity index (χ3n) is 2.42. The van der Waals surface area contributed by atoms with Gasteiger partial charge in [-0.2, -0.15) is 0 Å². The van der Waals surface area contributed by atoms with Gasteiger partial charge in [-0.1, -0.05) is 18.2 Å². The average Bonchev–Trinajstić information content (AvgIpc) is 2.78. The Balaban J connectivity index is 2.46. The van der Waals surface area contributed by atoms with Gasteiger partial charge in [-0.05, 0) is 25.5 Å². The van der Waals surface area contributed by atoms with Crippen molar-refractivity contribution in [3.8, 4) is 5.69 Å². The van der Waals surface area contributed by atoms with Crippen molar-refractivity contribution in [1.82, 2.24) is 4.57 Å². The predicted molar refractivity (Wildman–Crippen MR) is 71.0 cm³/mol. The monoisotopic (exact) mass is 262 g/mol. The molecule has 0 bridgehead atoms. The Labute approximate surface area is 109 Å². The lowest BCUT2D eigenvalue weighted by atomic mass is 10.2. The Morgan fingerprint density at radius 2 is 2.22 bits per heavy atom. The molecule has 1 aromatic carbocycles. The van der Waals surface area contributed by atoms with E-state index in [4.69, 9.17) is 4.74 Å². The van der Waals surface area contributed by atoms with Crippen molar-refractivity contribution in [1.29, 1.82) is 0 Å². The fourth-order valence-electron chi connectivity index (χ4n) is 1.60. The van der Waals surface area contributed by atoms with Gasteiger partial charge in [0.2, 0.25) is 4.80 Å². The van der Waals surface area contributed by atoms with E-state index in [1.54, 1.807) is 6.92 Å². The third kappa shape index (κ3) is 2.68. The van der Waals surface area contributed by atoms with E-state index in [2.05, 4.69) is 4.99 Å². The summed E-state index contributed by atoms with van der Waals surface area (Å²) in [5.74, 6) is 0. The lowest BCUT2D eigenvalue weighted by Crippen LogP contribution is -2.15. The van der Waals surface area contributed by atoms with Crippen LogP contribution in [0.15, 0.2) is 40.8 Å². The van der Waals surface area contributed by atoms with Gasteiger partial charge in [0.25, 0.3) is 0 Å². The normalized spacial score (nSPS) is 11.6. The summed E-state index contributed by atoms with van der Waals surface area (Å²) in [4.78, 5) is 15.9. The SMILES string of the molecule is CCOC(=O)N=c1sccn1-c1ccccc1C. The Bertz CT molecular complexity index is 613. The summed E-state index contributed by atoms with van der Waals surface area (Å²) in [6.45, 7) is 4.11. The third-order valence-corrected chi connectivity index (χ3v) is 3.18. The van der Waals surface area contributed by atoms with E-state index >= 15 is 0 Å². The van der Waals surface area contributed by atoms with Crippen LogP contribution in [0.5, 0.6) is 0 Å². The van der Waals surface area contributed by atoms with Crippen molar-refractivity contribution < 1.29 is 9.53 Å². The molecule has 1 aromatic heterocycles. The van der Waals surface area contributed by atoms with Gasteiger partial charge in [-0.15, -0.1) is 16.3 Å². The van der Waals surface area contributed by atoms with Crippen molar-refractivity contribution in [2.45, 2.75) is 13.8 Å². The summed E-state index contributed by atoms with van der Waals surface area (Å²) in [7, 11) is 0. The van der Waals surface area contributed by atoms with Crippen LogP contribution in [-0.4, -0.2) is 17.3 Å². The first-order valence-corrected chi connectivity index (χ1v) is 6.54. The molecule has 18 heavy (non-hydrogen) atoms. The highest BCUT2D eigenvalue weighted by molar-refractivity contribution is 7.07. The molecule has 0 unspecified atom stereocenters. The number of aryl methyl sites for hydroxylation is 1. The summed E-state index contributed by atoms with van der Waals surface area (Å²) in [5.41, 5.74) is 2.14. The molecule has 5 heteroatoms. The second kappa shape index (κ2) is 5.64. The van der Waals surface area contributed by atoms with Crippen LogP contribution in [0.4, 0.5) is 4.79 Å². The van der Waals surface area contributed by atoms with E-state index in [1.807, 2.05) is 47.3 Å². The Morgan fingerprint density at radius 1 is 1.44 bits per heavy atom. The fraction of sp³-hybridized carbons (Fsp3) is 0.231. The number of para-hydroxylation sites is 1. The molecule has 0 N–H and O–H groups in total. The van der Waals surface area contributed by atoms with Gasteiger partial charge in [0.15, 0.2) is 0 Å². The zero-order valence-corrected chi connectivity index (χ0v) is 11.1. The lowest BCUT2D eigenvalue weighted by Gasteiger charge is -2.06. The molecule has 94 valence electrons. The minimum absolute atomic E-state index is 0.331. The molecule has 4 nitrogen and oxygen atoms in total. The number of thiazole rings is 1. The maximum Gasteiger partial charge on any atom is 0.436 e. The van der Waals surface area contributed by atoms with Gasteiger partial charge in [-0.3, -0.25) is 4.57 Å². The van der Waals surface area contributed by atoms with E-state index in [0.717, 1.165) is 11.3 Å². The van der Waals surface area contributed by atoms with E-state index in [0.29, 0.717) is 11.4 Å². The summed E-state index contributed by atoms with van der Waals surface area (Å²) < 4.78 is 6.71. The standard InChI is InChI=1S/C13H14N2O2S/c1-3-17-13(16)14-12-15(8-9-18-12)11-7-5-4-6-10(11)2/h4-9H,3H2,1-2H3. The molecule has 0 aliphatic rings. The number of amides is 1. The summed E-state index contributed by atoms with van der Waals surface area (Å²) in [6.07, 6.45) is 1.34. The second-order valence-electron chi connectivity index (χ2n) is 3.65. The highest BCUT2D eigenvalue weighted by Crippen LogP contribution is 2.11. The zero-order chi connectivity index (χ0) is 13.0. The number of carbonyl (C=O) groups is 1. The molecule has 2 aromatic rings. The van der Waals surface area contributed by atoms with Crippen LogP contribution >= 0.6 is 11.3 Å². The average molecular weight is 262 g/mol. The summed E-state index contributed by atoms with van der Waals surface area (Å²) in [6, 6.07) is 7.95. The van der Waals surface area contributed by atoms with Crippen LogP contribution in [0.1, 0.15) is 12.5 Å². The molecule has 0 saturated carbocycles. The highest BCUT2D eigenvalue weighted by Gasteiger charge is 2.04. The van der Waals surface area contributed by atoms with Gasteiger partial charge >= 0.3 is 6.09 Å². The minimum atomic E-state index is -0.553. The van der Waals surface area contributed by atoms with Crippen LogP contribution in [0.25, 0.3) is 5.69 Å². The van der Waals surface area contributed by atoms with Crippen LogP contribution < -0.4 is 4.80 Å². The lowest BCUT2D eigenvalue weighted by molar-refractivity contribution is 0.162. The molecule has 0 spiro atoms. The molecule has 1 amide bonds. The highest BCUT2D eigenvalue weighted by atomic mass is 32.1. The van der Waals surface area contributed by atoms with E-state index in [9.17, 15) is 4.79 Å². The quantitative estimate of drug-likeness (QED) is 0.835. The summed E-state index contributed by atoms with van der Waals surface area (Å²) in [5, 5.41) is 1.89. The molecule has 0 aliphatic heterocycles. The molecule has 2 rings (SSSR count). The van der Waals surface area contributed by atoms with Crippen molar-refractivity contribution in [3.63, 3.8) is 0 Å². The van der Waals surface area contributed by atoms with E-state index in [1.165, 1.54) is 11.3 Å². The van der Waals surface area contributed by atoms with Gasteiger partial charge in [0, 0.05) is 11.6 Å². The van der Waals surface area contributed by atoms with Crippen molar-refractivity contribution in [2.75, 3.05) is 6.61 Å². The topological polar surface area (TPSA) is 43.6 Å². The number of hydrogen-bond acceptors (Lipinski definition) is 3. The van der Waals surface area contributed by atoms with Crippen LogP contribution in [0.3, 0.4) is 0 Å². The molecule has 0 aliphatic carbocycles. The first kappa shape index (κ1) is 12.6. The number of ether oxygens (including phenoxy) is 1. The Kier molecular flexibility index (Phi) is 3.94. The number of benzene rings is 1. The number of carbonyl (C=O) groups excluding carboxylic acids is 1. The van der Waals surface area contributed by atoms with Gasteiger partial charge in [0.1, 0.15) is 0 Å². The van der Waals surface area contributed by atoms with Crippen molar-refractivity contribution in [2.24, 2.45) is 4.99 Å². The van der Waals surface area contributed by atoms with Crippen molar-refractivity contribution >= 4 is 17.4 Å². The van der Waals surface area contributed by atoms with Gasteiger partial charge < -0.3 is 4.74 Å². The maximum absolute atomic E-state index is 11.4. The zero-order valence-electron chi connectivity index (χ0n) is 10.3. The molecule has 0 radical (unpaired) electrons. The first-order valence-electron chi connectivity index (χ1n) is 5.66.